The van der Waals surface area contributed by atoms with Gasteiger partial charge in [-0.1, -0.05) is 36.6 Å². The predicted molar refractivity (Wildman–Crippen MR) is 156 cm³/mol. The number of hydrogen-bond acceptors (Lipinski definition) is 6. The van der Waals surface area contributed by atoms with Crippen LogP contribution in [-0.2, 0) is 17.8 Å². The monoisotopic (exact) mass is 565 g/mol. The molecule has 1 aliphatic rings. The summed E-state index contributed by atoms with van der Waals surface area (Å²) < 4.78 is 16.0. The Labute approximate surface area is 240 Å². The second-order valence-electron chi connectivity index (χ2n) is 9.90. The highest BCUT2D eigenvalue weighted by molar-refractivity contribution is 6.31. The van der Waals surface area contributed by atoms with Crippen LogP contribution in [0.25, 0.3) is 0 Å². The Hall–Kier alpha value is -3.75. The zero-order valence-electron chi connectivity index (χ0n) is 23.1. The standard InChI is InChI=1S/C31H36ClN3O5/c1-38-24-12-8-20(9-13-24)16-30(36)34-23-11-14-25(32)22(17-23)19-35(27-7-5-4-6-26(27)33)31(37)21-10-15-28(39-2)29(18-21)40-3/h8-15,17-18,26-27H,4-7,16,19,33H2,1-3H3,(H,34,36). The minimum Gasteiger partial charge on any atom is -0.497 e. The molecule has 9 heteroatoms. The molecule has 2 amide bonds. The van der Waals surface area contributed by atoms with E-state index in [9.17, 15) is 9.59 Å². The molecule has 1 fully saturated rings. The van der Waals surface area contributed by atoms with E-state index in [-0.39, 0.29) is 36.9 Å². The molecule has 0 aromatic heterocycles. The number of ether oxygens (including phenoxy) is 3. The first-order valence-corrected chi connectivity index (χ1v) is 13.7. The summed E-state index contributed by atoms with van der Waals surface area (Å²) >= 11 is 6.62. The smallest absolute Gasteiger partial charge is 0.254 e. The third kappa shape index (κ3) is 7.06. The molecule has 212 valence electrons. The van der Waals surface area contributed by atoms with Crippen LogP contribution in [0.15, 0.2) is 60.7 Å². The fourth-order valence-electron chi connectivity index (χ4n) is 5.09. The lowest BCUT2D eigenvalue weighted by atomic mass is 9.89. The van der Waals surface area contributed by atoms with Crippen LogP contribution < -0.4 is 25.3 Å². The minimum absolute atomic E-state index is 0.149. The van der Waals surface area contributed by atoms with Crippen molar-refractivity contribution >= 4 is 29.1 Å². The third-order valence-corrected chi connectivity index (χ3v) is 7.64. The lowest BCUT2D eigenvalue weighted by Crippen LogP contribution is -2.51. The second kappa shape index (κ2) is 13.5. The Kier molecular flexibility index (Phi) is 9.90. The van der Waals surface area contributed by atoms with Gasteiger partial charge in [0.15, 0.2) is 11.5 Å². The van der Waals surface area contributed by atoms with Crippen LogP contribution in [0.1, 0.15) is 47.2 Å². The molecule has 3 aromatic rings. The maximum Gasteiger partial charge on any atom is 0.254 e. The number of benzene rings is 3. The van der Waals surface area contributed by atoms with Crippen LogP contribution >= 0.6 is 11.6 Å². The SMILES string of the molecule is COc1ccc(CC(=O)Nc2ccc(Cl)c(CN(C(=O)c3ccc(OC)c(OC)c3)C3CCCCC3N)c2)cc1. The molecular formula is C31H36ClN3O5. The van der Waals surface area contributed by atoms with Crippen LogP contribution in [0, 0.1) is 0 Å². The number of amides is 2. The highest BCUT2D eigenvalue weighted by atomic mass is 35.5. The van der Waals surface area contributed by atoms with Crippen molar-refractivity contribution in [3.63, 3.8) is 0 Å². The van der Waals surface area contributed by atoms with Crippen molar-refractivity contribution < 1.29 is 23.8 Å². The van der Waals surface area contributed by atoms with Crippen molar-refractivity contribution in [2.45, 2.75) is 50.7 Å². The van der Waals surface area contributed by atoms with Crippen molar-refractivity contribution in [3.05, 3.63) is 82.4 Å². The molecule has 0 bridgehead atoms. The van der Waals surface area contributed by atoms with Gasteiger partial charge in [-0.15, -0.1) is 0 Å². The molecule has 3 aromatic carbocycles. The van der Waals surface area contributed by atoms with E-state index in [1.807, 2.05) is 30.3 Å². The van der Waals surface area contributed by atoms with Gasteiger partial charge in [0.1, 0.15) is 5.75 Å². The normalized spacial score (nSPS) is 16.6. The van der Waals surface area contributed by atoms with E-state index in [4.69, 9.17) is 31.5 Å². The molecule has 1 aliphatic carbocycles. The number of carbonyl (C=O) groups excluding carboxylic acids is 2. The van der Waals surface area contributed by atoms with Gasteiger partial charge in [-0.3, -0.25) is 9.59 Å². The number of hydrogen-bond donors (Lipinski definition) is 2. The predicted octanol–water partition coefficient (Wildman–Crippen LogP) is 5.46. The van der Waals surface area contributed by atoms with Gasteiger partial charge in [0.05, 0.1) is 27.8 Å². The molecule has 4 rings (SSSR count). The maximum atomic E-state index is 13.9. The Morgan fingerprint density at radius 1 is 0.925 bits per heavy atom. The van der Waals surface area contributed by atoms with E-state index >= 15 is 0 Å². The summed E-state index contributed by atoms with van der Waals surface area (Å²) in [7, 11) is 4.69. The Morgan fingerprint density at radius 3 is 2.33 bits per heavy atom. The van der Waals surface area contributed by atoms with Gasteiger partial charge in [-0.25, -0.2) is 0 Å². The van der Waals surface area contributed by atoms with Crippen LogP contribution in [0.2, 0.25) is 5.02 Å². The van der Waals surface area contributed by atoms with Crippen LogP contribution in [0.5, 0.6) is 17.2 Å². The average molecular weight is 566 g/mol. The first kappa shape index (κ1) is 29.2. The topological polar surface area (TPSA) is 103 Å². The van der Waals surface area contributed by atoms with Crippen molar-refractivity contribution in [1.82, 2.24) is 4.90 Å². The van der Waals surface area contributed by atoms with E-state index in [2.05, 4.69) is 5.32 Å². The molecule has 40 heavy (non-hydrogen) atoms. The fourth-order valence-corrected chi connectivity index (χ4v) is 5.27. The van der Waals surface area contributed by atoms with Crippen LogP contribution in [-0.4, -0.2) is 50.1 Å². The van der Waals surface area contributed by atoms with E-state index in [0.717, 1.165) is 42.6 Å². The number of nitrogens with one attached hydrogen (secondary N) is 1. The average Bonchev–Trinajstić information content (AvgIpc) is 2.97. The largest absolute Gasteiger partial charge is 0.497 e. The van der Waals surface area contributed by atoms with Gasteiger partial charge >= 0.3 is 0 Å². The summed E-state index contributed by atoms with van der Waals surface area (Å²) in [6, 6.07) is 17.5. The van der Waals surface area contributed by atoms with Crippen molar-refractivity contribution in [2.24, 2.45) is 5.73 Å². The number of carbonyl (C=O) groups is 2. The number of nitrogens with zero attached hydrogens (tertiary/aromatic N) is 1. The van der Waals surface area contributed by atoms with E-state index < -0.39 is 0 Å². The highest BCUT2D eigenvalue weighted by Gasteiger charge is 2.32. The third-order valence-electron chi connectivity index (χ3n) is 7.27. The molecule has 0 aliphatic heterocycles. The van der Waals surface area contributed by atoms with Crippen LogP contribution in [0.3, 0.4) is 0 Å². The maximum absolute atomic E-state index is 13.9. The Balaban J connectivity index is 1.57. The van der Waals surface area contributed by atoms with Crippen molar-refractivity contribution in [1.29, 1.82) is 0 Å². The Morgan fingerprint density at radius 2 is 1.65 bits per heavy atom. The number of nitrogens with two attached hydrogens (primary N) is 1. The van der Waals surface area contributed by atoms with Crippen molar-refractivity contribution in [2.75, 3.05) is 26.6 Å². The molecule has 2 atom stereocenters. The molecule has 3 N–H and O–H groups in total. The first-order valence-electron chi connectivity index (χ1n) is 13.3. The first-order chi connectivity index (χ1) is 19.3. The lowest BCUT2D eigenvalue weighted by molar-refractivity contribution is -0.115. The van der Waals surface area contributed by atoms with Gasteiger partial charge in [-0.05, 0) is 72.5 Å². The number of halogens is 1. The summed E-state index contributed by atoms with van der Waals surface area (Å²) in [6.45, 7) is 0.243. The molecule has 0 heterocycles. The second-order valence-corrected chi connectivity index (χ2v) is 10.3. The van der Waals surface area contributed by atoms with E-state index in [0.29, 0.717) is 27.8 Å². The summed E-state index contributed by atoms with van der Waals surface area (Å²) in [5.41, 5.74) is 9.19. The summed E-state index contributed by atoms with van der Waals surface area (Å²) in [5.74, 6) is 1.41. The lowest BCUT2D eigenvalue weighted by Gasteiger charge is -2.39. The van der Waals surface area contributed by atoms with E-state index in [1.165, 1.54) is 7.11 Å². The molecule has 2 unspecified atom stereocenters. The summed E-state index contributed by atoms with van der Waals surface area (Å²) in [6.07, 6.45) is 3.88. The van der Waals surface area contributed by atoms with Crippen molar-refractivity contribution in [3.8, 4) is 17.2 Å². The number of rotatable bonds is 10. The zero-order chi connectivity index (χ0) is 28.6. The fraction of sp³-hybridized carbons (Fsp3) is 0.355. The Bertz CT molecular complexity index is 1330. The van der Waals surface area contributed by atoms with Gasteiger partial charge in [0.2, 0.25) is 5.91 Å². The molecule has 8 nitrogen and oxygen atoms in total. The molecule has 0 radical (unpaired) electrons. The van der Waals surface area contributed by atoms with E-state index in [1.54, 1.807) is 49.5 Å². The quantitative estimate of drug-likeness (QED) is 0.338. The molecule has 0 spiro atoms. The number of anilines is 1. The van der Waals surface area contributed by atoms with Gasteiger partial charge in [-0.2, -0.15) is 0 Å². The van der Waals surface area contributed by atoms with Crippen LogP contribution in [0.4, 0.5) is 5.69 Å². The minimum atomic E-state index is -0.173. The number of methoxy groups -OCH3 is 3. The van der Waals surface area contributed by atoms with Gasteiger partial charge in [0.25, 0.3) is 5.91 Å². The zero-order valence-corrected chi connectivity index (χ0v) is 23.9. The summed E-state index contributed by atoms with van der Waals surface area (Å²) in [4.78, 5) is 28.5. The highest BCUT2D eigenvalue weighted by Crippen LogP contribution is 2.32. The summed E-state index contributed by atoms with van der Waals surface area (Å²) in [5, 5.41) is 3.45. The van der Waals surface area contributed by atoms with Gasteiger partial charge in [0, 0.05) is 34.9 Å². The molecular weight excluding hydrogens is 530 g/mol. The molecule has 1 saturated carbocycles. The molecule has 0 saturated heterocycles. The van der Waals surface area contributed by atoms with Gasteiger partial charge < -0.3 is 30.2 Å².